The molecule has 138 valence electrons. The molecule has 1 heterocycles. The van der Waals surface area contributed by atoms with Crippen molar-refractivity contribution in [3.05, 3.63) is 53.9 Å². The van der Waals surface area contributed by atoms with Gasteiger partial charge in [0.05, 0.1) is 12.2 Å². The lowest BCUT2D eigenvalue weighted by Crippen LogP contribution is -2.49. The number of nitrogens with zero attached hydrogens (tertiary/aromatic N) is 2. The summed E-state index contributed by atoms with van der Waals surface area (Å²) in [6.07, 6.45) is 7.27. The molecule has 2 bridgehead atoms. The first-order chi connectivity index (χ1) is 12.7. The summed E-state index contributed by atoms with van der Waals surface area (Å²) in [5, 5.41) is 7.03. The highest BCUT2D eigenvalue weighted by molar-refractivity contribution is 5.79. The summed E-state index contributed by atoms with van der Waals surface area (Å²) in [5.74, 6) is 1.41. The fraction of sp³-hybridized carbons (Fsp3) is 0.524. The van der Waals surface area contributed by atoms with Crippen LogP contribution in [-0.4, -0.2) is 27.0 Å². The first kappa shape index (κ1) is 17.3. The van der Waals surface area contributed by atoms with Gasteiger partial charge in [-0.2, -0.15) is 5.10 Å². The van der Waals surface area contributed by atoms with Gasteiger partial charge in [-0.25, -0.2) is 0 Å². The van der Waals surface area contributed by atoms with Crippen molar-refractivity contribution in [2.45, 2.75) is 51.2 Å². The van der Waals surface area contributed by atoms with Crippen molar-refractivity contribution in [2.24, 2.45) is 23.5 Å². The Balaban J connectivity index is 1.51. The minimum absolute atomic E-state index is 0.108. The Kier molecular flexibility index (Phi) is 5.07. The Morgan fingerprint density at radius 1 is 1.12 bits per heavy atom. The minimum Gasteiger partial charge on any atom is -0.332 e. The fourth-order valence-corrected chi connectivity index (χ4v) is 4.84. The molecule has 26 heavy (non-hydrogen) atoms. The molecule has 1 amide bonds. The van der Waals surface area contributed by atoms with Crippen molar-refractivity contribution in [3.8, 4) is 0 Å². The quantitative estimate of drug-likeness (QED) is 0.868. The van der Waals surface area contributed by atoms with Crippen molar-refractivity contribution in [3.63, 3.8) is 0 Å². The Bertz CT molecular complexity index is 701. The van der Waals surface area contributed by atoms with Crippen LogP contribution in [0.15, 0.2) is 42.6 Å². The molecule has 2 unspecified atom stereocenters. The highest BCUT2D eigenvalue weighted by Crippen LogP contribution is 2.42. The van der Waals surface area contributed by atoms with Crippen molar-refractivity contribution >= 4 is 5.91 Å². The summed E-state index contributed by atoms with van der Waals surface area (Å²) >= 11 is 0. The van der Waals surface area contributed by atoms with Crippen LogP contribution in [0, 0.1) is 17.8 Å². The average Bonchev–Trinajstić information content (AvgIpc) is 3.14. The zero-order valence-electron chi connectivity index (χ0n) is 15.2. The van der Waals surface area contributed by atoms with E-state index in [-0.39, 0.29) is 11.8 Å². The van der Waals surface area contributed by atoms with Crippen LogP contribution in [0.4, 0.5) is 0 Å². The van der Waals surface area contributed by atoms with E-state index in [9.17, 15) is 4.79 Å². The molecule has 2 atom stereocenters. The molecule has 0 radical (unpaired) electrons. The number of aromatic nitrogens is 2. The molecule has 4 rings (SSSR count). The fourth-order valence-electron chi connectivity index (χ4n) is 4.84. The zero-order chi connectivity index (χ0) is 17.9. The average molecular weight is 352 g/mol. The maximum atomic E-state index is 13.4. The number of carbonyl (C=O) groups excluding carboxylic acids is 1. The van der Waals surface area contributed by atoms with E-state index in [1.54, 1.807) is 6.20 Å². The van der Waals surface area contributed by atoms with Crippen LogP contribution in [0.5, 0.6) is 0 Å². The van der Waals surface area contributed by atoms with Crippen LogP contribution in [-0.2, 0) is 17.9 Å². The minimum atomic E-state index is 0.108. The lowest BCUT2D eigenvalue weighted by atomic mass is 9.65. The number of aromatic amines is 1. The standard InChI is InChI=1S/C21H28N4O/c22-20-16-7-4-8-17(20)12-18(11-16)21(26)25(14-19-9-10-23-24-19)13-15-5-2-1-3-6-15/h1-3,5-6,9-10,16-18,20H,4,7-8,11-14,22H2,(H,23,24). The summed E-state index contributed by atoms with van der Waals surface area (Å²) in [7, 11) is 0. The molecule has 1 aromatic heterocycles. The van der Waals surface area contributed by atoms with Gasteiger partial charge in [0.25, 0.3) is 0 Å². The van der Waals surface area contributed by atoms with Crippen molar-refractivity contribution < 1.29 is 4.79 Å². The lowest BCUT2D eigenvalue weighted by molar-refractivity contribution is -0.140. The van der Waals surface area contributed by atoms with Gasteiger partial charge in [0.2, 0.25) is 5.91 Å². The van der Waals surface area contributed by atoms with Gasteiger partial charge in [-0.1, -0.05) is 36.8 Å². The number of rotatable bonds is 5. The summed E-state index contributed by atoms with van der Waals surface area (Å²) in [4.78, 5) is 15.4. The van der Waals surface area contributed by atoms with Crippen LogP contribution in [0.25, 0.3) is 0 Å². The Morgan fingerprint density at radius 3 is 2.50 bits per heavy atom. The third-order valence-corrected chi connectivity index (χ3v) is 6.21. The Hall–Kier alpha value is -2.14. The SMILES string of the molecule is NC1C2CCCC1CC(C(=O)N(Cc1ccccc1)Cc1ccn[nH]1)C2. The van der Waals surface area contributed by atoms with Gasteiger partial charge in [0.15, 0.2) is 0 Å². The number of nitrogens with two attached hydrogens (primary N) is 1. The molecule has 3 N–H and O–H groups in total. The third-order valence-electron chi connectivity index (χ3n) is 6.21. The van der Waals surface area contributed by atoms with Crippen molar-refractivity contribution in [1.29, 1.82) is 0 Å². The molecule has 2 aliphatic rings. The van der Waals surface area contributed by atoms with E-state index >= 15 is 0 Å². The van der Waals surface area contributed by atoms with E-state index in [1.807, 2.05) is 29.2 Å². The van der Waals surface area contributed by atoms with Gasteiger partial charge >= 0.3 is 0 Å². The molecular formula is C21H28N4O. The van der Waals surface area contributed by atoms with Crippen LogP contribution in [0.1, 0.15) is 43.4 Å². The predicted molar refractivity (Wildman–Crippen MR) is 101 cm³/mol. The van der Waals surface area contributed by atoms with E-state index in [0.717, 1.165) is 24.1 Å². The van der Waals surface area contributed by atoms with Gasteiger partial charge < -0.3 is 10.6 Å². The van der Waals surface area contributed by atoms with E-state index in [2.05, 4.69) is 22.3 Å². The molecule has 2 fully saturated rings. The summed E-state index contributed by atoms with van der Waals surface area (Å²) in [6.45, 7) is 1.21. The lowest BCUT2D eigenvalue weighted by Gasteiger charge is -2.44. The number of H-pyrrole nitrogens is 1. The van der Waals surface area contributed by atoms with Crippen LogP contribution in [0.3, 0.4) is 0 Å². The maximum absolute atomic E-state index is 13.4. The number of fused-ring (bicyclic) bond motifs is 2. The molecule has 5 nitrogen and oxygen atoms in total. The molecule has 2 saturated carbocycles. The van der Waals surface area contributed by atoms with Crippen molar-refractivity contribution in [2.75, 3.05) is 0 Å². The van der Waals surface area contributed by atoms with Crippen LogP contribution in [0.2, 0.25) is 0 Å². The molecule has 0 aliphatic heterocycles. The summed E-state index contributed by atoms with van der Waals surface area (Å²) < 4.78 is 0. The van der Waals surface area contributed by atoms with Crippen LogP contribution >= 0.6 is 0 Å². The Morgan fingerprint density at radius 2 is 1.85 bits per heavy atom. The zero-order valence-corrected chi connectivity index (χ0v) is 15.2. The summed E-state index contributed by atoms with van der Waals surface area (Å²) in [5.41, 5.74) is 8.55. The predicted octanol–water partition coefficient (Wildman–Crippen LogP) is 3.09. The molecule has 1 aromatic carbocycles. The second-order valence-electron chi connectivity index (χ2n) is 7.96. The first-order valence-electron chi connectivity index (χ1n) is 9.77. The van der Waals surface area contributed by atoms with E-state index < -0.39 is 0 Å². The molecule has 0 spiro atoms. The number of hydrogen-bond donors (Lipinski definition) is 2. The van der Waals surface area contributed by atoms with E-state index in [0.29, 0.717) is 31.0 Å². The number of hydrogen-bond acceptors (Lipinski definition) is 3. The van der Waals surface area contributed by atoms with Gasteiger partial charge in [0.1, 0.15) is 0 Å². The highest BCUT2D eigenvalue weighted by atomic mass is 16.2. The maximum Gasteiger partial charge on any atom is 0.226 e. The normalized spacial score (nSPS) is 27.9. The second kappa shape index (κ2) is 7.62. The molecule has 0 saturated heterocycles. The smallest absolute Gasteiger partial charge is 0.226 e. The van der Waals surface area contributed by atoms with E-state index in [4.69, 9.17) is 5.73 Å². The van der Waals surface area contributed by atoms with Crippen molar-refractivity contribution in [1.82, 2.24) is 15.1 Å². The molecule has 5 heteroatoms. The number of nitrogens with one attached hydrogen (secondary N) is 1. The highest BCUT2D eigenvalue weighted by Gasteiger charge is 2.41. The number of carbonyl (C=O) groups is 1. The van der Waals surface area contributed by atoms with Gasteiger partial charge in [-0.05, 0) is 49.1 Å². The van der Waals surface area contributed by atoms with Gasteiger partial charge in [-0.15, -0.1) is 0 Å². The number of benzene rings is 1. The summed E-state index contributed by atoms with van der Waals surface area (Å²) in [6, 6.07) is 12.5. The first-order valence-corrected chi connectivity index (χ1v) is 9.77. The molecule has 2 aromatic rings. The van der Waals surface area contributed by atoms with Gasteiger partial charge in [-0.3, -0.25) is 9.89 Å². The Labute approximate surface area is 155 Å². The monoisotopic (exact) mass is 352 g/mol. The van der Waals surface area contributed by atoms with E-state index in [1.165, 1.54) is 19.3 Å². The third kappa shape index (κ3) is 3.68. The van der Waals surface area contributed by atoms with Crippen LogP contribution < -0.4 is 5.73 Å². The van der Waals surface area contributed by atoms with Gasteiger partial charge in [0, 0.05) is 24.7 Å². The topological polar surface area (TPSA) is 75.0 Å². The molecule has 2 aliphatic carbocycles. The second-order valence-corrected chi connectivity index (χ2v) is 7.96. The molecular weight excluding hydrogens is 324 g/mol. The number of amides is 1. The largest absolute Gasteiger partial charge is 0.332 e.